The molecule has 0 radical (unpaired) electrons. The third kappa shape index (κ3) is 14.3. The molecule has 23 heteroatoms. The fraction of sp³-hybridized carbons (Fsp3) is 0.667. The van der Waals surface area contributed by atoms with Crippen molar-refractivity contribution in [2.45, 2.75) is 11.6 Å². The second kappa shape index (κ2) is 17.6. The van der Waals surface area contributed by atoms with Gasteiger partial charge in [0.1, 0.15) is 0 Å². The van der Waals surface area contributed by atoms with Crippen molar-refractivity contribution in [3.8, 4) is 0 Å². The van der Waals surface area contributed by atoms with Crippen LogP contribution in [0.15, 0.2) is 18.7 Å². The first-order valence-electron chi connectivity index (χ1n) is 12.8. The Labute approximate surface area is 250 Å². The van der Waals surface area contributed by atoms with Crippen LogP contribution < -0.4 is 0 Å². The second-order valence-corrected chi connectivity index (χ2v) is 13.8. The molecule has 0 spiro atoms. The Kier molecular flexibility index (Phi) is 15.7. The summed E-state index contributed by atoms with van der Waals surface area (Å²) >= 11 is 0. The molecule has 9 N–H and O–H groups in total. The Hall–Kier alpha value is -2.81. The predicted octanol–water partition coefficient (Wildman–Crippen LogP) is -3.57. The van der Waals surface area contributed by atoms with Gasteiger partial charge in [0, 0.05) is 64.8 Å². The lowest BCUT2D eigenvalue weighted by Gasteiger charge is -2.32. The Morgan fingerprint density at radius 3 is 1.07 bits per heavy atom. The first-order valence-corrected chi connectivity index (χ1v) is 16.0. The summed E-state index contributed by atoms with van der Waals surface area (Å²) in [7, 11) is -10.8. The van der Waals surface area contributed by atoms with E-state index in [-0.39, 0.29) is 26.2 Å². The number of carbonyl (C=O) groups is 4. The van der Waals surface area contributed by atoms with Crippen molar-refractivity contribution in [1.82, 2.24) is 29.2 Å². The summed E-state index contributed by atoms with van der Waals surface area (Å²) in [4.78, 5) is 89.7. The van der Waals surface area contributed by atoms with Crippen LogP contribution in [0.3, 0.4) is 0 Å². The van der Waals surface area contributed by atoms with Crippen LogP contribution in [-0.2, 0) is 34.9 Å². The number of aliphatic carboxylic acids is 4. The molecule has 21 nitrogen and oxygen atoms in total. The van der Waals surface area contributed by atoms with Gasteiger partial charge in [0.2, 0.25) is 0 Å². The van der Waals surface area contributed by atoms with Gasteiger partial charge >= 0.3 is 39.1 Å². The van der Waals surface area contributed by atoms with Gasteiger partial charge in [0.25, 0.3) is 5.08 Å². The summed E-state index contributed by atoms with van der Waals surface area (Å²) in [6.45, 7) is 0.566. The van der Waals surface area contributed by atoms with E-state index in [1.165, 1.54) is 12.4 Å². The molecule has 0 saturated carbocycles. The van der Waals surface area contributed by atoms with E-state index >= 15 is 0 Å². The molecule has 1 aliphatic rings. The highest BCUT2D eigenvalue weighted by molar-refractivity contribution is 7.72. The molecular weight excluding hydrogens is 638 g/mol. The summed E-state index contributed by atoms with van der Waals surface area (Å²) in [5, 5.41) is 42.3. The smallest absolute Gasteiger partial charge is 0.371 e. The monoisotopic (exact) mass is 676 g/mol. The third-order valence-electron chi connectivity index (χ3n) is 6.25. The number of carboxylic acids is 4. The van der Waals surface area contributed by atoms with E-state index in [1.54, 1.807) is 19.6 Å². The average Bonchev–Trinajstić information content (AvgIpc) is 3.36. The Bertz CT molecular complexity index is 1060. The van der Waals surface area contributed by atoms with E-state index in [4.69, 9.17) is 40.0 Å². The van der Waals surface area contributed by atoms with Gasteiger partial charge in [-0.05, 0) is 0 Å². The van der Waals surface area contributed by atoms with Crippen molar-refractivity contribution >= 4 is 39.1 Å². The van der Waals surface area contributed by atoms with E-state index in [0.29, 0.717) is 52.4 Å². The molecule has 2 heterocycles. The molecule has 0 aromatic carbocycles. The fourth-order valence-corrected chi connectivity index (χ4v) is 6.01. The van der Waals surface area contributed by atoms with Crippen LogP contribution in [0.2, 0.25) is 0 Å². The van der Waals surface area contributed by atoms with Gasteiger partial charge in [0.15, 0.2) is 0 Å². The number of rotatable bonds is 12. The number of carboxylic acid groups (broad SMARTS) is 4. The van der Waals surface area contributed by atoms with E-state index in [1.807, 2.05) is 0 Å². The maximum atomic E-state index is 11.1. The molecular formula is C21H38N6O15P2. The van der Waals surface area contributed by atoms with Crippen LogP contribution >= 0.6 is 15.2 Å². The molecule has 0 amide bonds. The Balaban J connectivity index is 0.000000511. The topological polar surface area (TPSA) is 315 Å². The van der Waals surface area contributed by atoms with Gasteiger partial charge in [-0.2, -0.15) is 0 Å². The van der Waals surface area contributed by atoms with Gasteiger partial charge < -0.3 is 49.7 Å². The lowest BCUT2D eigenvalue weighted by atomic mass is 10.3. The zero-order chi connectivity index (χ0) is 33.7. The Morgan fingerprint density at radius 2 is 0.886 bits per heavy atom. The van der Waals surface area contributed by atoms with Gasteiger partial charge in [-0.15, -0.1) is 0 Å². The number of aliphatic hydroxyl groups is 1. The number of nitrogens with zero attached hydrogens (tertiary/aromatic N) is 6. The van der Waals surface area contributed by atoms with E-state index in [9.17, 15) is 33.4 Å². The van der Waals surface area contributed by atoms with E-state index in [2.05, 4.69) is 4.98 Å². The van der Waals surface area contributed by atoms with Crippen LogP contribution in [0.25, 0.3) is 0 Å². The van der Waals surface area contributed by atoms with Crippen molar-refractivity contribution in [1.29, 1.82) is 0 Å². The van der Waals surface area contributed by atoms with E-state index < -0.39 is 50.7 Å². The highest BCUT2D eigenvalue weighted by atomic mass is 31.2. The molecule has 1 fully saturated rings. The van der Waals surface area contributed by atoms with Crippen molar-refractivity contribution in [2.75, 3.05) is 78.5 Å². The maximum Gasteiger partial charge on any atom is 0.371 e. The minimum absolute atomic E-state index is 0.229. The van der Waals surface area contributed by atoms with Crippen molar-refractivity contribution < 1.29 is 73.4 Å². The second-order valence-electron chi connectivity index (χ2n) is 9.78. The number of aromatic nitrogens is 2. The molecule has 2 rings (SSSR count). The molecule has 1 aromatic rings. The number of hydrogen-bond acceptors (Lipinski definition) is 12. The molecule has 0 bridgehead atoms. The van der Waals surface area contributed by atoms with E-state index in [0.717, 1.165) is 10.9 Å². The van der Waals surface area contributed by atoms with Crippen LogP contribution in [0.1, 0.15) is 0 Å². The minimum Gasteiger partial charge on any atom is -0.480 e. The predicted molar refractivity (Wildman–Crippen MR) is 148 cm³/mol. The van der Waals surface area contributed by atoms with Crippen molar-refractivity contribution in [3.63, 3.8) is 0 Å². The zero-order valence-corrected chi connectivity index (χ0v) is 25.3. The summed E-state index contributed by atoms with van der Waals surface area (Å²) in [6.07, 6.45) is 3.51. The molecule has 1 aromatic heterocycles. The standard InChI is InChI=1S/C16H28N4O8.C5H10N2O7P2/c21-13(22)9-17-1-2-18(10-14(23)24)5-6-20(12-16(27)28)8-7-19(4-3-17)11-15(25)26;8-5(15(9,10)11,16(12,13)14)3-7-2-1-6-4-7/h1-12H2,(H,21,22)(H,23,24)(H,25,26)(H,27,28);1-2,4,8H,3H2,(H2,9,10,11)(H2,12,13,14). The summed E-state index contributed by atoms with van der Waals surface area (Å²) in [5.41, 5.74) is 0. The molecule has 0 aliphatic carbocycles. The zero-order valence-electron chi connectivity index (χ0n) is 23.5. The lowest BCUT2D eigenvalue weighted by molar-refractivity contribution is -0.141. The first kappa shape index (κ1) is 39.2. The molecule has 252 valence electrons. The van der Waals surface area contributed by atoms with Crippen LogP contribution in [0.5, 0.6) is 0 Å². The van der Waals surface area contributed by atoms with Gasteiger partial charge in [-0.1, -0.05) is 0 Å². The normalized spacial score (nSPS) is 17.5. The first-order chi connectivity index (χ1) is 20.2. The van der Waals surface area contributed by atoms with Crippen molar-refractivity contribution in [3.05, 3.63) is 18.7 Å². The third-order valence-corrected chi connectivity index (χ3v) is 9.96. The SMILES string of the molecule is O=C(O)CN1CCN(CC(=O)O)CCN(CC(=O)O)CCN(CC(=O)O)CC1.O=P(O)(O)C(O)(Cn1ccnc1)P(=O)(O)O. The lowest BCUT2D eigenvalue weighted by Crippen LogP contribution is -2.49. The number of hydrogen-bond donors (Lipinski definition) is 9. The summed E-state index contributed by atoms with van der Waals surface area (Å²) in [6, 6.07) is 0. The molecule has 44 heavy (non-hydrogen) atoms. The fourth-order valence-electron chi connectivity index (χ4n) is 3.96. The largest absolute Gasteiger partial charge is 0.480 e. The van der Waals surface area contributed by atoms with Gasteiger partial charge in [0.05, 0.1) is 39.1 Å². The molecule has 1 saturated heterocycles. The highest BCUT2D eigenvalue weighted by Gasteiger charge is 2.59. The molecule has 1 aliphatic heterocycles. The summed E-state index contributed by atoms with van der Waals surface area (Å²) in [5.74, 6) is -4.08. The number of imidazole rings is 1. The quantitative estimate of drug-likeness (QED) is 0.0967. The average molecular weight is 677 g/mol. The van der Waals surface area contributed by atoms with Crippen LogP contribution in [-0.4, -0.2) is 182 Å². The molecule has 0 unspecified atom stereocenters. The van der Waals surface area contributed by atoms with Crippen LogP contribution in [0, 0.1) is 0 Å². The summed E-state index contributed by atoms with van der Waals surface area (Å²) < 4.78 is 22.8. The van der Waals surface area contributed by atoms with Gasteiger partial charge in [-0.3, -0.25) is 47.9 Å². The van der Waals surface area contributed by atoms with Crippen LogP contribution in [0.4, 0.5) is 0 Å². The minimum atomic E-state index is -5.41. The molecule has 0 atom stereocenters. The Morgan fingerprint density at radius 1 is 0.614 bits per heavy atom. The van der Waals surface area contributed by atoms with Gasteiger partial charge in [-0.25, -0.2) is 4.98 Å². The van der Waals surface area contributed by atoms with Crippen molar-refractivity contribution in [2.24, 2.45) is 0 Å². The highest BCUT2D eigenvalue weighted by Crippen LogP contribution is 2.67. The maximum absolute atomic E-state index is 11.1.